The fourth-order valence-corrected chi connectivity index (χ4v) is 1.49. The van der Waals surface area contributed by atoms with E-state index in [1.54, 1.807) is 6.07 Å². The van der Waals surface area contributed by atoms with Crippen molar-refractivity contribution < 1.29 is 4.39 Å². The van der Waals surface area contributed by atoms with Crippen molar-refractivity contribution in [3.05, 3.63) is 34.6 Å². The van der Waals surface area contributed by atoms with Crippen molar-refractivity contribution in [2.24, 2.45) is 0 Å². The molecule has 0 amide bonds. The van der Waals surface area contributed by atoms with Gasteiger partial charge in [0.2, 0.25) is 0 Å². The summed E-state index contributed by atoms with van der Waals surface area (Å²) in [6, 6.07) is 4.60. The molecule has 0 saturated carbocycles. The number of halogens is 3. The number of rotatable bonds is 5. The van der Waals surface area contributed by atoms with Crippen LogP contribution >= 0.6 is 24.0 Å². The van der Waals surface area contributed by atoms with Gasteiger partial charge in [0.1, 0.15) is 5.82 Å². The second-order valence-electron chi connectivity index (χ2n) is 3.31. The molecule has 0 atom stereocenters. The van der Waals surface area contributed by atoms with Gasteiger partial charge in [0, 0.05) is 11.6 Å². The normalized spacial score (nSPS) is 9.80. The second-order valence-corrected chi connectivity index (χ2v) is 3.74. The summed E-state index contributed by atoms with van der Waals surface area (Å²) in [5.41, 5.74) is 0.895. The van der Waals surface area contributed by atoms with Crippen molar-refractivity contribution in [3.63, 3.8) is 0 Å². The van der Waals surface area contributed by atoms with Crippen molar-refractivity contribution in [2.45, 2.75) is 26.3 Å². The molecule has 0 aliphatic carbocycles. The van der Waals surface area contributed by atoms with Gasteiger partial charge in [-0.05, 0) is 36.7 Å². The molecule has 0 aromatic heterocycles. The Morgan fingerprint density at radius 3 is 2.67 bits per heavy atom. The lowest BCUT2D eigenvalue weighted by Crippen LogP contribution is -2.14. The molecule has 0 unspecified atom stereocenters. The Bertz CT molecular complexity index is 272. The fourth-order valence-electron chi connectivity index (χ4n) is 1.25. The molecule has 0 radical (unpaired) electrons. The molecule has 86 valence electrons. The molecule has 15 heavy (non-hydrogen) atoms. The van der Waals surface area contributed by atoms with Crippen molar-refractivity contribution >= 4 is 24.0 Å². The lowest BCUT2D eigenvalue weighted by atomic mass is 10.2. The molecule has 0 aliphatic rings. The van der Waals surface area contributed by atoms with Crippen LogP contribution in [0.2, 0.25) is 5.02 Å². The van der Waals surface area contributed by atoms with Crippen molar-refractivity contribution in [2.75, 3.05) is 6.54 Å². The largest absolute Gasteiger partial charge is 0.313 e. The summed E-state index contributed by atoms with van der Waals surface area (Å²) in [6.45, 7) is 3.78. The van der Waals surface area contributed by atoms with E-state index in [4.69, 9.17) is 11.6 Å². The first-order chi connectivity index (χ1) is 6.72. The minimum absolute atomic E-state index is 0. The van der Waals surface area contributed by atoms with Crippen molar-refractivity contribution in [1.29, 1.82) is 0 Å². The highest BCUT2D eigenvalue weighted by Gasteiger charge is 1.98. The summed E-state index contributed by atoms with van der Waals surface area (Å²) in [5.74, 6) is -0.273. The minimum Gasteiger partial charge on any atom is -0.313 e. The lowest BCUT2D eigenvalue weighted by Gasteiger charge is -2.04. The maximum absolute atomic E-state index is 12.9. The second kappa shape index (κ2) is 7.91. The smallest absolute Gasteiger partial charge is 0.125 e. The van der Waals surface area contributed by atoms with E-state index in [1.807, 2.05) is 0 Å². The maximum atomic E-state index is 12.9. The topological polar surface area (TPSA) is 12.0 Å². The van der Waals surface area contributed by atoms with Crippen LogP contribution in [0, 0.1) is 5.82 Å². The Hall–Kier alpha value is -0.310. The summed E-state index contributed by atoms with van der Waals surface area (Å²) in [6.07, 6.45) is 2.31. The van der Waals surface area contributed by atoms with Gasteiger partial charge in [-0.25, -0.2) is 4.39 Å². The number of hydrogen-bond acceptors (Lipinski definition) is 1. The molecule has 0 saturated heterocycles. The van der Waals surface area contributed by atoms with Crippen LogP contribution in [0.5, 0.6) is 0 Å². The van der Waals surface area contributed by atoms with Crippen LogP contribution in [-0.4, -0.2) is 6.54 Å². The highest BCUT2D eigenvalue weighted by atomic mass is 35.5. The van der Waals surface area contributed by atoms with Gasteiger partial charge in [0.25, 0.3) is 0 Å². The first-order valence-corrected chi connectivity index (χ1v) is 5.26. The molecule has 0 fully saturated rings. The molecule has 0 spiro atoms. The Morgan fingerprint density at radius 2 is 2.07 bits per heavy atom. The lowest BCUT2D eigenvalue weighted by molar-refractivity contribution is 0.614. The average molecular weight is 252 g/mol. The SMILES string of the molecule is CCCCNCc1cc(F)cc(Cl)c1.Cl. The molecule has 0 aliphatic heterocycles. The van der Waals surface area contributed by atoms with Gasteiger partial charge >= 0.3 is 0 Å². The zero-order chi connectivity index (χ0) is 10.4. The third-order valence-electron chi connectivity index (χ3n) is 1.96. The summed E-state index contributed by atoms with van der Waals surface area (Å²) in [5, 5.41) is 3.69. The van der Waals surface area contributed by atoms with Gasteiger partial charge in [-0.1, -0.05) is 24.9 Å². The quantitative estimate of drug-likeness (QED) is 0.786. The van der Waals surface area contributed by atoms with E-state index < -0.39 is 0 Å². The fraction of sp³-hybridized carbons (Fsp3) is 0.455. The zero-order valence-electron chi connectivity index (χ0n) is 8.72. The van der Waals surface area contributed by atoms with E-state index in [2.05, 4.69) is 12.2 Å². The predicted molar refractivity (Wildman–Crippen MR) is 65.3 cm³/mol. The van der Waals surface area contributed by atoms with E-state index in [0.717, 1.165) is 24.9 Å². The van der Waals surface area contributed by atoms with E-state index in [1.165, 1.54) is 12.1 Å². The third kappa shape index (κ3) is 5.98. The molecular weight excluding hydrogens is 236 g/mol. The highest BCUT2D eigenvalue weighted by Crippen LogP contribution is 2.13. The first-order valence-electron chi connectivity index (χ1n) is 4.88. The average Bonchev–Trinajstić information content (AvgIpc) is 2.11. The molecule has 1 aromatic carbocycles. The maximum Gasteiger partial charge on any atom is 0.125 e. The Kier molecular flexibility index (Phi) is 7.75. The van der Waals surface area contributed by atoms with Gasteiger partial charge in [-0.2, -0.15) is 0 Å². The minimum atomic E-state index is -0.273. The van der Waals surface area contributed by atoms with Crippen molar-refractivity contribution in [3.8, 4) is 0 Å². The van der Waals surface area contributed by atoms with Crippen LogP contribution in [0.1, 0.15) is 25.3 Å². The third-order valence-corrected chi connectivity index (χ3v) is 2.18. The summed E-state index contributed by atoms with van der Waals surface area (Å²) >= 11 is 5.72. The van der Waals surface area contributed by atoms with Crippen LogP contribution in [0.4, 0.5) is 4.39 Å². The summed E-state index contributed by atoms with van der Waals surface area (Å²) in [4.78, 5) is 0. The highest BCUT2D eigenvalue weighted by molar-refractivity contribution is 6.30. The van der Waals surface area contributed by atoms with Gasteiger partial charge in [0.05, 0.1) is 0 Å². The molecular formula is C11H16Cl2FN. The first kappa shape index (κ1) is 14.7. The number of nitrogens with one attached hydrogen (secondary N) is 1. The standard InChI is InChI=1S/C11H15ClFN.ClH/c1-2-3-4-14-8-9-5-10(12)7-11(13)6-9;/h5-7,14H,2-4,8H2,1H3;1H. The summed E-state index contributed by atoms with van der Waals surface area (Å²) < 4.78 is 12.9. The summed E-state index contributed by atoms with van der Waals surface area (Å²) in [7, 11) is 0. The van der Waals surface area contributed by atoms with Crippen LogP contribution in [-0.2, 0) is 6.54 Å². The molecule has 0 bridgehead atoms. The number of benzene rings is 1. The monoisotopic (exact) mass is 251 g/mol. The van der Waals surface area contributed by atoms with Crippen LogP contribution in [0.15, 0.2) is 18.2 Å². The predicted octanol–water partition coefficient (Wildman–Crippen LogP) is 3.79. The molecule has 1 rings (SSSR count). The van der Waals surface area contributed by atoms with E-state index in [9.17, 15) is 4.39 Å². The number of unbranched alkanes of at least 4 members (excludes halogenated alkanes) is 1. The molecule has 4 heteroatoms. The molecule has 1 nitrogen and oxygen atoms in total. The van der Waals surface area contributed by atoms with Gasteiger partial charge in [0.15, 0.2) is 0 Å². The van der Waals surface area contributed by atoms with Crippen LogP contribution in [0.3, 0.4) is 0 Å². The van der Waals surface area contributed by atoms with Gasteiger partial charge in [-0.15, -0.1) is 12.4 Å². The van der Waals surface area contributed by atoms with Crippen LogP contribution < -0.4 is 5.32 Å². The van der Waals surface area contributed by atoms with Crippen molar-refractivity contribution in [1.82, 2.24) is 5.32 Å². The molecule has 1 N–H and O–H groups in total. The van der Waals surface area contributed by atoms with E-state index >= 15 is 0 Å². The Balaban J connectivity index is 0.00000196. The van der Waals surface area contributed by atoms with Gasteiger partial charge in [-0.3, -0.25) is 0 Å². The number of hydrogen-bond donors (Lipinski definition) is 1. The van der Waals surface area contributed by atoms with Gasteiger partial charge < -0.3 is 5.32 Å². The van der Waals surface area contributed by atoms with E-state index in [0.29, 0.717) is 11.6 Å². The van der Waals surface area contributed by atoms with Crippen LogP contribution in [0.25, 0.3) is 0 Å². The molecule has 0 heterocycles. The Labute approximate surface area is 101 Å². The molecule has 1 aromatic rings. The zero-order valence-corrected chi connectivity index (χ0v) is 10.3. The van der Waals surface area contributed by atoms with E-state index in [-0.39, 0.29) is 18.2 Å². The Morgan fingerprint density at radius 1 is 1.33 bits per heavy atom.